The lowest BCUT2D eigenvalue weighted by atomic mass is 10.2. The van der Waals surface area contributed by atoms with Gasteiger partial charge < -0.3 is 4.90 Å². The number of aryl methyl sites for hydroxylation is 1. The van der Waals surface area contributed by atoms with Crippen molar-refractivity contribution >= 4 is 28.4 Å². The smallest absolute Gasteiger partial charge is 0.224 e. The second-order valence-electron chi connectivity index (χ2n) is 4.91. The average Bonchev–Trinajstić information content (AvgIpc) is 3.05. The van der Waals surface area contributed by atoms with Gasteiger partial charge in [-0.3, -0.25) is 9.48 Å². The average molecular weight is 278 g/mol. The molecule has 0 unspecified atom stereocenters. The predicted octanol–water partition coefficient (Wildman–Crippen LogP) is 2.70. The fourth-order valence-corrected chi connectivity index (χ4v) is 2.71. The minimum Gasteiger partial charge on any atom is -0.343 e. The van der Waals surface area contributed by atoms with Crippen LogP contribution in [0.5, 0.6) is 0 Å². The molecule has 0 radical (unpaired) electrons. The van der Waals surface area contributed by atoms with Gasteiger partial charge in [-0.25, -0.2) is 0 Å². The van der Waals surface area contributed by atoms with E-state index in [2.05, 4.69) is 5.10 Å². The summed E-state index contributed by atoms with van der Waals surface area (Å²) in [5.41, 5.74) is 0.988. The van der Waals surface area contributed by atoms with E-state index in [9.17, 15) is 4.79 Å². The molecule has 3 rings (SSSR count). The van der Waals surface area contributed by atoms with Crippen molar-refractivity contribution in [3.05, 3.63) is 29.4 Å². The largest absolute Gasteiger partial charge is 0.343 e. The van der Waals surface area contributed by atoms with Crippen molar-refractivity contribution in [1.82, 2.24) is 14.7 Å². The molecule has 1 amide bonds. The van der Waals surface area contributed by atoms with Crippen LogP contribution in [0.25, 0.3) is 10.9 Å². The van der Waals surface area contributed by atoms with Crippen LogP contribution in [0.3, 0.4) is 0 Å². The van der Waals surface area contributed by atoms with Gasteiger partial charge in [0, 0.05) is 29.9 Å². The molecule has 0 spiro atoms. The zero-order valence-corrected chi connectivity index (χ0v) is 11.4. The van der Waals surface area contributed by atoms with E-state index in [1.165, 1.54) is 0 Å². The summed E-state index contributed by atoms with van der Waals surface area (Å²) >= 11 is 6.00. The first-order valence-corrected chi connectivity index (χ1v) is 7.01. The Kier molecular flexibility index (Phi) is 3.42. The van der Waals surface area contributed by atoms with Crippen LogP contribution in [0.15, 0.2) is 24.4 Å². The molecule has 1 fully saturated rings. The van der Waals surface area contributed by atoms with Crippen molar-refractivity contribution in [3.8, 4) is 0 Å². The standard InChI is InChI=1S/C14H16ClN3O/c15-12-4-3-11-10-16-18(13(11)9-12)8-5-14(19)17-6-1-2-7-17/h3-4,9-10H,1-2,5-8H2. The van der Waals surface area contributed by atoms with Gasteiger partial charge in [-0.15, -0.1) is 0 Å². The topological polar surface area (TPSA) is 38.1 Å². The van der Waals surface area contributed by atoms with Crippen molar-refractivity contribution in [2.45, 2.75) is 25.8 Å². The summed E-state index contributed by atoms with van der Waals surface area (Å²) in [4.78, 5) is 13.9. The highest BCUT2D eigenvalue weighted by molar-refractivity contribution is 6.31. The van der Waals surface area contributed by atoms with Crippen LogP contribution in [0.1, 0.15) is 19.3 Å². The molecule has 1 aromatic carbocycles. The lowest BCUT2D eigenvalue weighted by Gasteiger charge is -2.15. The normalized spacial score (nSPS) is 15.3. The zero-order chi connectivity index (χ0) is 13.2. The number of hydrogen-bond donors (Lipinski definition) is 0. The molecule has 1 aliphatic rings. The quantitative estimate of drug-likeness (QED) is 0.865. The Bertz CT molecular complexity index is 602. The maximum Gasteiger partial charge on any atom is 0.224 e. The maximum absolute atomic E-state index is 12.0. The van der Waals surface area contributed by atoms with E-state index in [1.807, 2.05) is 34.0 Å². The maximum atomic E-state index is 12.0. The monoisotopic (exact) mass is 277 g/mol. The van der Waals surface area contributed by atoms with Gasteiger partial charge in [-0.05, 0) is 31.0 Å². The molecule has 0 saturated carbocycles. The molecule has 0 bridgehead atoms. The van der Waals surface area contributed by atoms with Gasteiger partial charge in [0.1, 0.15) is 0 Å². The first-order chi connectivity index (χ1) is 9.24. The number of benzene rings is 1. The highest BCUT2D eigenvalue weighted by atomic mass is 35.5. The van der Waals surface area contributed by atoms with E-state index in [-0.39, 0.29) is 5.91 Å². The van der Waals surface area contributed by atoms with Gasteiger partial charge in [-0.1, -0.05) is 11.6 Å². The van der Waals surface area contributed by atoms with Gasteiger partial charge in [-0.2, -0.15) is 5.10 Å². The van der Waals surface area contributed by atoms with Gasteiger partial charge >= 0.3 is 0 Å². The van der Waals surface area contributed by atoms with Crippen LogP contribution in [-0.4, -0.2) is 33.7 Å². The lowest BCUT2D eigenvalue weighted by Crippen LogP contribution is -2.28. The number of fused-ring (bicyclic) bond motifs is 1. The third kappa shape index (κ3) is 2.59. The third-order valence-corrected chi connectivity index (χ3v) is 3.84. The molecule has 100 valence electrons. The Balaban J connectivity index is 1.71. The molecule has 0 N–H and O–H groups in total. The van der Waals surface area contributed by atoms with E-state index >= 15 is 0 Å². The van der Waals surface area contributed by atoms with Gasteiger partial charge in [0.15, 0.2) is 0 Å². The molecule has 0 aliphatic carbocycles. The van der Waals surface area contributed by atoms with Crippen molar-refractivity contribution < 1.29 is 4.79 Å². The van der Waals surface area contributed by atoms with Crippen molar-refractivity contribution in [2.24, 2.45) is 0 Å². The van der Waals surface area contributed by atoms with Gasteiger partial charge in [0.2, 0.25) is 5.91 Å². The summed E-state index contributed by atoms with van der Waals surface area (Å²) in [6, 6.07) is 5.69. The second-order valence-corrected chi connectivity index (χ2v) is 5.35. The third-order valence-electron chi connectivity index (χ3n) is 3.60. The molecule has 19 heavy (non-hydrogen) atoms. The first-order valence-electron chi connectivity index (χ1n) is 6.63. The summed E-state index contributed by atoms with van der Waals surface area (Å²) in [6.07, 6.45) is 4.58. The lowest BCUT2D eigenvalue weighted by molar-refractivity contribution is -0.130. The number of likely N-dealkylation sites (tertiary alicyclic amines) is 1. The molecule has 2 heterocycles. The molecule has 4 nitrogen and oxygen atoms in total. The van der Waals surface area contributed by atoms with Crippen LogP contribution in [-0.2, 0) is 11.3 Å². The Labute approximate surface area is 116 Å². The molecule has 5 heteroatoms. The van der Waals surface area contributed by atoms with Crippen LogP contribution < -0.4 is 0 Å². The molecular formula is C14H16ClN3O. The highest BCUT2D eigenvalue weighted by Crippen LogP contribution is 2.19. The van der Waals surface area contributed by atoms with E-state index in [4.69, 9.17) is 11.6 Å². The van der Waals surface area contributed by atoms with Crippen molar-refractivity contribution in [2.75, 3.05) is 13.1 Å². The molecule has 0 atom stereocenters. The van der Waals surface area contributed by atoms with Crippen molar-refractivity contribution in [1.29, 1.82) is 0 Å². The summed E-state index contributed by atoms with van der Waals surface area (Å²) in [5.74, 6) is 0.225. The number of carbonyl (C=O) groups excluding carboxylic acids is 1. The summed E-state index contributed by atoms with van der Waals surface area (Å²) < 4.78 is 1.86. The van der Waals surface area contributed by atoms with E-state index in [1.54, 1.807) is 0 Å². The molecule has 1 aliphatic heterocycles. The van der Waals surface area contributed by atoms with Crippen LogP contribution >= 0.6 is 11.6 Å². The SMILES string of the molecule is O=C(CCn1ncc2ccc(Cl)cc21)N1CCCC1. The van der Waals surface area contributed by atoms with E-state index in [0.717, 1.165) is 36.8 Å². The van der Waals surface area contributed by atoms with Gasteiger partial charge in [0.05, 0.1) is 18.3 Å². The first kappa shape index (κ1) is 12.5. The number of halogens is 1. The number of hydrogen-bond acceptors (Lipinski definition) is 2. The number of aromatic nitrogens is 2. The Hall–Kier alpha value is -1.55. The Morgan fingerprint density at radius 1 is 1.32 bits per heavy atom. The second kappa shape index (κ2) is 5.21. The van der Waals surface area contributed by atoms with Gasteiger partial charge in [0.25, 0.3) is 0 Å². The Morgan fingerprint density at radius 2 is 2.11 bits per heavy atom. The number of rotatable bonds is 3. The Morgan fingerprint density at radius 3 is 2.89 bits per heavy atom. The highest BCUT2D eigenvalue weighted by Gasteiger charge is 2.17. The zero-order valence-electron chi connectivity index (χ0n) is 10.7. The number of carbonyl (C=O) groups is 1. The van der Waals surface area contributed by atoms with E-state index < -0.39 is 0 Å². The summed E-state index contributed by atoms with van der Waals surface area (Å²) in [7, 11) is 0. The van der Waals surface area contributed by atoms with Crippen LogP contribution in [0, 0.1) is 0 Å². The molecular weight excluding hydrogens is 262 g/mol. The summed E-state index contributed by atoms with van der Waals surface area (Å²) in [5, 5.41) is 6.07. The minimum atomic E-state index is 0.225. The number of amides is 1. The minimum absolute atomic E-state index is 0.225. The van der Waals surface area contributed by atoms with E-state index in [0.29, 0.717) is 18.0 Å². The van der Waals surface area contributed by atoms with Crippen LogP contribution in [0.4, 0.5) is 0 Å². The molecule has 1 saturated heterocycles. The van der Waals surface area contributed by atoms with Crippen molar-refractivity contribution in [3.63, 3.8) is 0 Å². The fourth-order valence-electron chi connectivity index (χ4n) is 2.55. The number of nitrogens with zero attached hydrogens (tertiary/aromatic N) is 3. The fraction of sp³-hybridized carbons (Fsp3) is 0.429. The summed E-state index contributed by atoms with van der Waals surface area (Å²) in [6.45, 7) is 2.42. The molecule has 1 aromatic heterocycles. The molecule has 2 aromatic rings. The van der Waals surface area contributed by atoms with Crippen LogP contribution in [0.2, 0.25) is 5.02 Å². The predicted molar refractivity (Wildman–Crippen MR) is 75.2 cm³/mol.